The van der Waals surface area contributed by atoms with Crippen molar-refractivity contribution in [1.29, 1.82) is 0 Å². The summed E-state index contributed by atoms with van der Waals surface area (Å²) in [6.45, 7) is 5.00. The van der Waals surface area contributed by atoms with Crippen LogP contribution < -0.4 is 14.8 Å². The van der Waals surface area contributed by atoms with Gasteiger partial charge < -0.3 is 19.7 Å². The van der Waals surface area contributed by atoms with Crippen molar-refractivity contribution in [2.24, 2.45) is 5.92 Å². The molecule has 0 spiro atoms. The van der Waals surface area contributed by atoms with E-state index in [0.29, 0.717) is 30.2 Å². The molecular formula is C26H34N2O3. The number of anilines is 1. The van der Waals surface area contributed by atoms with Crippen molar-refractivity contribution >= 4 is 11.6 Å². The number of nitrogens with one attached hydrogen (secondary N) is 1. The van der Waals surface area contributed by atoms with Crippen LogP contribution >= 0.6 is 0 Å². The predicted octanol–water partition coefficient (Wildman–Crippen LogP) is 5.37. The molecule has 4 rings (SSSR count). The van der Waals surface area contributed by atoms with Crippen LogP contribution in [0.4, 0.5) is 5.69 Å². The van der Waals surface area contributed by atoms with E-state index in [4.69, 9.17) is 9.47 Å². The van der Waals surface area contributed by atoms with Crippen LogP contribution in [0.3, 0.4) is 0 Å². The lowest BCUT2D eigenvalue weighted by atomic mass is 10.0. The molecule has 2 aliphatic rings. The fourth-order valence-electron chi connectivity index (χ4n) is 4.53. The van der Waals surface area contributed by atoms with E-state index < -0.39 is 0 Å². The van der Waals surface area contributed by atoms with E-state index in [2.05, 4.69) is 31.1 Å². The SMILES string of the molecule is CCC(C)COc1ccc(C(=O)Nc2ccc(O[C@H]3C[C@H]4CC[C@@H](C3)N4C)cc2)cc1. The largest absolute Gasteiger partial charge is 0.493 e. The molecule has 1 unspecified atom stereocenters. The third kappa shape index (κ3) is 5.40. The minimum atomic E-state index is -0.131. The summed E-state index contributed by atoms with van der Waals surface area (Å²) in [6, 6.07) is 16.3. The Hall–Kier alpha value is -2.53. The summed E-state index contributed by atoms with van der Waals surface area (Å²) in [5.41, 5.74) is 1.37. The monoisotopic (exact) mass is 422 g/mol. The van der Waals surface area contributed by atoms with E-state index in [1.165, 1.54) is 12.8 Å². The molecule has 0 aliphatic carbocycles. The second-order valence-corrected chi connectivity index (χ2v) is 9.09. The van der Waals surface area contributed by atoms with Crippen LogP contribution in [0.1, 0.15) is 56.3 Å². The fraction of sp³-hybridized carbons (Fsp3) is 0.500. The Morgan fingerprint density at radius 2 is 1.65 bits per heavy atom. The van der Waals surface area contributed by atoms with E-state index in [1.54, 1.807) is 12.1 Å². The number of amides is 1. The van der Waals surface area contributed by atoms with Crippen LogP contribution in [0.15, 0.2) is 48.5 Å². The molecule has 31 heavy (non-hydrogen) atoms. The van der Waals surface area contributed by atoms with Crippen LogP contribution in [-0.2, 0) is 0 Å². The van der Waals surface area contributed by atoms with Gasteiger partial charge in [-0.25, -0.2) is 0 Å². The van der Waals surface area contributed by atoms with Crippen molar-refractivity contribution in [2.75, 3.05) is 19.0 Å². The summed E-state index contributed by atoms with van der Waals surface area (Å²) in [7, 11) is 2.24. The Morgan fingerprint density at radius 3 is 2.26 bits per heavy atom. The highest BCUT2D eigenvalue weighted by atomic mass is 16.5. The Morgan fingerprint density at radius 1 is 1.03 bits per heavy atom. The second kappa shape index (κ2) is 9.73. The van der Waals surface area contributed by atoms with Crippen molar-refractivity contribution in [1.82, 2.24) is 4.90 Å². The highest BCUT2D eigenvalue weighted by Gasteiger charge is 2.39. The van der Waals surface area contributed by atoms with Gasteiger partial charge in [0.05, 0.1) is 6.61 Å². The lowest BCUT2D eigenvalue weighted by Crippen LogP contribution is -2.43. The number of piperidine rings is 1. The van der Waals surface area contributed by atoms with Crippen LogP contribution in [0.5, 0.6) is 11.5 Å². The average Bonchev–Trinajstić information content (AvgIpc) is 2.99. The summed E-state index contributed by atoms with van der Waals surface area (Å²) in [6.07, 6.45) is 6.15. The minimum absolute atomic E-state index is 0.131. The smallest absolute Gasteiger partial charge is 0.255 e. The molecule has 2 bridgehead atoms. The van der Waals surface area contributed by atoms with E-state index in [9.17, 15) is 4.79 Å². The van der Waals surface area contributed by atoms with Crippen LogP contribution in [0.2, 0.25) is 0 Å². The molecule has 2 aliphatic heterocycles. The summed E-state index contributed by atoms with van der Waals surface area (Å²) in [5.74, 6) is 2.05. The van der Waals surface area contributed by atoms with E-state index in [-0.39, 0.29) is 12.0 Å². The molecule has 166 valence electrons. The predicted molar refractivity (Wildman–Crippen MR) is 124 cm³/mol. The van der Waals surface area contributed by atoms with Gasteiger partial charge in [-0.3, -0.25) is 4.79 Å². The molecule has 2 aromatic carbocycles. The van der Waals surface area contributed by atoms with Crippen LogP contribution in [0, 0.1) is 5.92 Å². The summed E-state index contributed by atoms with van der Waals surface area (Å²) >= 11 is 0. The Kier molecular flexibility index (Phi) is 6.81. The quantitative estimate of drug-likeness (QED) is 0.622. The van der Waals surface area contributed by atoms with Crippen molar-refractivity contribution < 1.29 is 14.3 Å². The zero-order chi connectivity index (χ0) is 21.8. The second-order valence-electron chi connectivity index (χ2n) is 9.09. The van der Waals surface area contributed by atoms with Gasteiger partial charge in [0.15, 0.2) is 0 Å². The number of nitrogens with zero attached hydrogens (tertiary/aromatic N) is 1. The van der Waals surface area contributed by atoms with Crippen molar-refractivity contribution in [3.63, 3.8) is 0 Å². The maximum Gasteiger partial charge on any atom is 0.255 e. The number of carbonyl (C=O) groups is 1. The van der Waals surface area contributed by atoms with Gasteiger partial charge in [-0.1, -0.05) is 20.3 Å². The van der Waals surface area contributed by atoms with Crippen LogP contribution in [-0.4, -0.2) is 42.6 Å². The van der Waals surface area contributed by atoms with Crippen molar-refractivity contribution in [2.45, 2.75) is 64.1 Å². The van der Waals surface area contributed by atoms with Gasteiger partial charge in [0.25, 0.3) is 5.91 Å². The number of carbonyl (C=O) groups excluding carboxylic acids is 1. The molecule has 5 nitrogen and oxygen atoms in total. The highest BCUT2D eigenvalue weighted by molar-refractivity contribution is 6.04. The number of ether oxygens (including phenoxy) is 2. The molecule has 2 fully saturated rings. The van der Waals surface area contributed by atoms with E-state index >= 15 is 0 Å². The number of rotatable bonds is 8. The van der Waals surface area contributed by atoms with Gasteiger partial charge >= 0.3 is 0 Å². The van der Waals surface area contributed by atoms with Gasteiger partial charge in [-0.05, 0) is 87.2 Å². The third-order valence-corrected chi connectivity index (χ3v) is 6.82. The summed E-state index contributed by atoms with van der Waals surface area (Å²) in [5, 5.41) is 2.96. The first-order chi connectivity index (χ1) is 15.0. The summed E-state index contributed by atoms with van der Waals surface area (Å²) < 4.78 is 12.0. The number of hydrogen-bond acceptors (Lipinski definition) is 4. The number of benzene rings is 2. The normalized spacial score (nSPS) is 23.9. The van der Waals surface area contributed by atoms with E-state index in [0.717, 1.165) is 36.4 Å². The lowest BCUT2D eigenvalue weighted by Gasteiger charge is -2.36. The van der Waals surface area contributed by atoms with Gasteiger partial charge in [0, 0.05) is 23.3 Å². The molecule has 0 aromatic heterocycles. The number of hydrogen-bond donors (Lipinski definition) is 1. The lowest BCUT2D eigenvalue weighted by molar-refractivity contribution is 0.0662. The van der Waals surface area contributed by atoms with Gasteiger partial charge in [-0.2, -0.15) is 0 Å². The molecule has 2 saturated heterocycles. The highest BCUT2D eigenvalue weighted by Crippen LogP contribution is 2.36. The maximum absolute atomic E-state index is 12.6. The van der Waals surface area contributed by atoms with Crippen LogP contribution in [0.25, 0.3) is 0 Å². The van der Waals surface area contributed by atoms with Gasteiger partial charge in [0.1, 0.15) is 17.6 Å². The zero-order valence-corrected chi connectivity index (χ0v) is 18.8. The number of fused-ring (bicyclic) bond motifs is 2. The van der Waals surface area contributed by atoms with Crippen molar-refractivity contribution in [3.8, 4) is 11.5 Å². The first kappa shape index (κ1) is 21.7. The molecule has 2 aromatic rings. The Balaban J connectivity index is 1.28. The molecule has 0 saturated carbocycles. The van der Waals surface area contributed by atoms with Gasteiger partial charge in [-0.15, -0.1) is 0 Å². The van der Waals surface area contributed by atoms with E-state index in [1.807, 2.05) is 36.4 Å². The first-order valence-electron chi connectivity index (χ1n) is 11.5. The minimum Gasteiger partial charge on any atom is -0.493 e. The van der Waals surface area contributed by atoms with Crippen molar-refractivity contribution in [3.05, 3.63) is 54.1 Å². The maximum atomic E-state index is 12.6. The summed E-state index contributed by atoms with van der Waals surface area (Å²) in [4.78, 5) is 15.1. The molecule has 1 N–H and O–H groups in total. The molecular weight excluding hydrogens is 388 g/mol. The standard InChI is InChI=1S/C26H34N2O3/c1-4-18(2)17-30-23-11-5-19(6-12-23)26(29)27-20-7-13-24(14-8-20)31-25-15-21-9-10-22(16-25)28(21)3/h5-8,11-14,18,21-22,25H,4,9-10,15-17H2,1-3H3,(H,27,29)/t18?,21-,22+,25+. The average molecular weight is 423 g/mol. The molecule has 2 heterocycles. The molecule has 1 amide bonds. The molecule has 5 heteroatoms. The topological polar surface area (TPSA) is 50.8 Å². The Labute approximate surface area is 185 Å². The molecule has 4 atom stereocenters. The zero-order valence-electron chi connectivity index (χ0n) is 18.8. The first-order valence-corrected chi connectivity index (χ1v) is 11.5. The third-order valence-electron chi connectivity index (χ3n) is 6.82. The molecule has 0 radical (unpaired) electrons. The van der Waals surface area contributed by atoms with Gasteiger partial charge in [0.2, 0.25) is 0 Å². The Bertz CT molecular complexity index is 851. The fourth-order valence-corrected chi connectivity index (χ4v) is 4.53.